The predicted molar refractivity (Wildman–Crippen MR) is 65.7 cm³/mol. The zero-order valence-corrected chi connectivity index (χ0v) is 10.7. The lowest BCUT2D eigenvalue weighted by molar-refractivity contribution is 0.586. The molecule has 2 aromatic rings. The predicted octanol–water partition coefficient (Wildman–Crippen LogP) is 4.03. The van der Waals surface area contributed by atoms with Gasteiger partial charge in [-0.3, -0.25) is 0 Å². The quantitative estimate of drug-likeness (QED) is 0.813. The average Bonchev–Trinajstić information content (AvgIpc) is 2.61. The van der Waals surface area contributed by atoms with E-state index in [2.05, 4.69) is 20.9 Å². The second-order valence-corrected chi connectivity index (χ2v) is 4.57. The molecule has 0 saturated heterocycles. The first-order chi connectivity index (χ1) is 7.61. The molecule has 16 heavy (non-hydrogen) atoms. The van der Waals surface area contributed by atoms with Crippen LogP contribution in [0, 0.1) is 5.82 Å². The summed E-state index contributed by atoms with van der Waals surface area (Å²) in [6, 6.07) is 6.96. The van der Waals surface area contributed by atoms with Crippen LogP contribution in [-0.4, -0.2) is 9.55 Å². The van der Waals surface area contributed by atoms with E-state index >= 15 is 0 Å². The Bertz CT molecular complexity index is 505. The molecule has 0 spiro atoms. The number of aromatic nitrogens is 2. The number of benzene rings is 1. The van der Waals surface area contributed by atoms with Gasteiger partial charge in [0.25, 0.3) is 0 Å². The lowest BCUT2D eigenvalue weighted by atomic mass is 10.1. The molecule has 0 N–H and O–H groups in total. The fraction of sp³-hybridized carbons (Fsp3) is 0.250. The summed E-state index contributed by atoms with van der Waals surface area (Å²) in [6.07, 6.45) is 1.68. The summed E-state index contributed by atoms with van der Waals surface area (Å²) < 4.78 is 16.4. The van der Waals surface area contributed by atoms with Crippen LogP contribution in [-0.2, 0) is 0 Å². The molecule has 1 aromatic carbocycles. The zero-order valence-electron chi connectivity index (χ0n) is 9.11. The van der Waals surface area contributed by atoms with E-state index in [9.17, 15) is 4.39 Å². The summed E-state index contributed by atoms with van der Waals surface area (Å²) in [5.41, 5.74) is 1.37. The highest BCUT2D eigenvalue weighted by molar-refractivity contribution is 9.10. The number of hydrogen-bond donors (Lipinski definition) is 0. The third-order valence-corrected chi connectivity index (χ3v) is 3.00. The van der Waals surface area contributed by atoms with Gasteiger partial charge in [0.05, 0.1) is 11.9 Å². The summed E-state index contributed by atoms with van der Waals surface area (Å²) in [4.78, 5) is 4.17. The summed E-state index contributed by atoms with van der Waals surface area (Å²) in [5, 5.41) is 0. The second kappa shape index (κ2) is 4.37. The first-order valence-corrected chi connectivity index (χ1v) is 5.88. The van der Waals surface area contributed by atoms with Crippen LogP contribution in [0.3, 0.4) is 0 Å². The van der Waals surface area contributed by atoms with Gasteiger partial charge in [0.1, 0.15) is 5.82 Å². The van der Waals surface area contributed by atoms with Crippen LogP contribution < -0.4 is 0 Å². The maximum Gasteiger partial charge on any atom is 0.177 e. The lowest BCUT2D eigenvalue weighted by Crippen LogP contribution is -2.03. The minimum absolute atomic E-state index is 0.225. The van der Waals surface area contributed by atoms with Crippen molar-refractivity contribution in [2.75, 3.05) is 0 Å². The normalized spacial score (nSPS) is 11.1. The number of halogens is 2. The van der Waals surface area contributed by atoms with Gasteiger partial charge in [0, 0.05) is 11.6 Å². The van der Waals surface area contributed by atoms with Gasteiger partial charge < -0.3 is 4.57 Å². The van der Waals surface area contributed by atoms with E-state index < -0.39 is 0 Å². The van der Waals surface area contributed by atoms with Crippen LogP contribution in [0.2, 0.25) is 0 Å². The van der Waals surface area contributed by atoms with Crippen LogP contribution in [0.5, 0.6) is 0 Å². The molecule has 0 atom stereocenters. The minimum Gasteiger partial charge on any atom is -0.316 e. The van der Waals surface area contributed by atoms with Crippen molar-refractivity contribution in [1.82, 2.24) is 9.55 Å². The molecule has 0 unspecified atom stereocenters. The van der Waals surface area contributed by atoms with Gasteiger partial charge in [-0.15, -0.1) is 0 Å². The molecule has 0 aliphatic rings. The number of nitrogens with zero attached hydrogens (tertiary/aromatic N) is 2. The largest absolute Gasteiger partial charge is 0.316 e. The Kier molecular flexibility index (Phi) is 3.10. The Balaban J connectivity index is 2.61. The number of rotatable bonds is 2. The molecule has 4 heteroatoms. The van der Waals surface area contributed by atoms with Gasteiger partial charge in [-0.1, -0.05) is 12.1 Å². The van der Waals surface area contributed by atoms with Crippen LogP contribution in [0.15, 0.2) is 35.2 Å². The molecular formula is C12H12BrFN2. The molecule has 0 fully saturated rings. The third-order valence-electron chi connectivity index (χ3n) is 2.42. The fourth-order valence-electron chi connectivity index (χ4n) is 1.70. The Morgan fingerprint density at radius 3 is 2.62 bits per heavy atom. The zero-order chi connectivity index (χ0) is 11.7. The Morgan fingerprint density at radius 2 is 2.00 bits per heavy atom. The van der Waals surface area contributed by atoms with Crippen LogP contribution in [0.25, 0.3) is 11.3 Å². The van der Waals surface area contributed by atoms with E-state index in [1.807, 2.05) is 24.5 Å². The van der Waals surface area contributed by atoms with E-state index in [4.69, 9.17) is 0 Å². The molecule has 0 aliphatic heterocycles. The maximum atomic E-state index is 13.7. The summed E-state index contributed by atoms with van der Waals surface area (Å²) in [7, 11) is 0. The summed E-state index contributed by atoms with van der Waals surface area (Å²) in [6.45, 7) is 4.08. The summed E-state index contributed by atoms with van der Waals surface area (Å²) >= 11 is 3.37. The van der Waals surface area contributed by atoms with E-state index in [1.165, 1.54) is 6.07 Å². The van der Waals surface area contributed by atoms with Gasteiger partial charge in [-0.25, -0.2) is 9.37 Å². The van der Waals surface area contributed by atoms with Crippen molar-refractivity contribution in [3.8, 4) is 11.3 Å². The SMILES string of the molecule is CC(C)n1c(-c2ccccc2F)cnc1Br. The first kappa shape index (κ1) is 11.3. The van der Waals surface area contributed by atoms with E-state index in [-0.39, 0.29) is 11.9 Å². The molecule has 0 bridgehead atoms. The minimum atomic E-state index is -0.225. The molecule has 0 radical (unpaired) electrons. The van der Waals surface area contributed by atoms with E-state index in [0.29, 0.717) is 5.56 Å². The van der Waals surface area contributed by atoms with Crippen molar-refractivity contribution in [2.24, 2.45) is 0 Å². The maximum absolute atomic E-state index is 13.7. The van der Waals surface area contributed by atoms with Gasteiger partial charge in [0.2, 0.25) is 0 Å². The Morgan fingerprint density at radius 1 is 1.31 bits per heavy atom. The fourth-order valence-corrected chi connectivity index (χ4v) is 2.40. The highest BCUT2D eigenvalue weighted by Gasteiger charge is 2.14. The van der Waals surface area contributed by atoms with Crippen LogP contribution >= 0.6 is 15.9 Å². The topological polar surface area (TPSA) is 17.8 Å². The molecule has 1 heterocycles. The molecular weight excluding hydrogens is 271 g/mol. The second-order valence-electron chi connectivity index (χ2n) is 3.86. The van der Waals surface area contributed by atoms with Gasteiger partial charge in [-0.05, 0) is 41.9 Å². The molecule has 1 aromatic heterocycles. The Labute approximate surface area is 102 Å². The molecule has 2 rings (SSSR count). The van der Waals surface area contributed by atoms with Crippen molar-refractivity contribution in [3.05, 3.63) is 41.0 Å². The van der Waals surface area contributed by atoms with Crippen molar-refractivity contribution >= 4 is 15.9 Å². The van der Waals surface area contributed by atoms with Gasteiger partial charge in [0.15, 0.2) is 4.73 Å². The molecule has 84 valence electrons. The van der Waals surface area contributed by atoms with Crippen molar-refractivity contribution < 1.29 is 4.39 Å². The van der Waals surface area contributed by atoms with Gasteiger partial charge in [-0.2, -0.15) is 0 Å². The number of imidazole rings is 1. The standard InChI is InChI=1S/C12H12BrFN2/c1-8(2)16-11(7-15-12(16)13)9-5-3-4-6-10(9)14/h3-8H,1-2H3. The molecule has 0 saturated carbocycles. The highest BCUT2D eigenvalue weighted by atomic mass is 79.9. The van der Waals surface area contributed by atoms with Crippen LogP contribution in [0.4, 0.5) is 4.39 Å². The highest BCUT2D eigenvalue weighted by Crippen LogP contribution is 2.28. The third kappa shape index (κ3) is 1.89. The monoisotopic (exact) mass is 282 g/mol. The Hall–Kier alpha value is -1.16. The van der Waals surface area contributed by atoms with Crippen molar-refractivity contribution in [3.63, 3.8) is 0 Å². The van der Waals surface area contributed by atoms with Crippen LogP contribution in [0.1, 0.15) is 19.9 Å². The van der Waals surface area contributed by atoms with Crippen molar-refractivity contribution in [1.29, 1.82) is 0 Å². The smallest absolute Gasteiger partial charge is 0.177 e. The molecule has 0 aliphatic carbocycles. The summed E-state index contributed by atoms with van der Waals surface area (Å²) in [5.74, 6) is -0.225. The van der Waals surface area contributed by atoms with Gasteiger partial charge >= 0.3 is 0 Å². The van der Waals surface area contributed by atoms with E-state index in [0.717, 1.165) is 10.4 Å². The lowest BCUT2D eigenvalue weighted by Gasteiger charge is -2.13. The molecule has 0 amide bonds. The number of hydrogen-bond acceptors (Lipinski definition) is 1. The average molecular weight is 283 g/mol. The first-order valence-electron chi connectivity index (χ1n) is 5.09. The van der Waals surface area contributed by atoms with E-state index in [1.54, 1.807) is 18.3 Å². The van der Waals surface area contributed by atoms with Crippen molar-refractivity contribution in [2.45, 2.75) is 19.9 Å². The molecule has 2 nitrogen and oxygen atoms in total.